The van der Waals surface area contributed by atoms with E-state index in [4.69, 9.17) is 10.3 Å². The average molecular weight is 227 g/mol. The Balaban J connectivity index is 2.04. The Hall–Kier alpha value is -2.07. The molecule has 0 aliphatic rings. The van der Waals surface area contributed by atoms with Crippen molar-refractivity contribution < 1.29 is 4.52 Å². The maximum absolute atomic E-state index is 5.66. The van der Waals surface area contributed by atoms with Crippen LogP contribution in [0.4, 0.5) is 0 Å². The molecule has 0 aliphatic carbocycles. The zero-order valence-corrected chi connectivity index (χ0v) is 9.34. The van der Waals surface area contributed by atoms with Gasteiger partial charge in [0.1, 0.15) is 0 Å². The van der Waals surface area contributed by atoms with Crippen molar-refractivity contribution in [2.24, 2.45) is 5.73 Å². The first-order valence-electron chi connectivity index (χ1n) is 5.54. The number of benzene rings is 1. The van der Waals surface area contributed by atoms with Gasteiger partial charge in [0, 0.05) is 24.3 Å². The minimum Gasteiger partial charge on any atom is -0.359 e. The van der Waals surface area contributed by atoms with Crippen LogP contribution in [0.3, 0.4) is 0 Å². The molecule has 4 nitrogen and oxygen atoms in total. The van der Waals surface area contributed by atoms with E-state index in [-0.39, 0.29) is 0 Å². The fraction of sp³-hybridized carbons (Fsp3) is 0.154. The Bertz CT molecular complexity index is 625. The molecular formula is C13H13N3O. The van der Waals surface area contributed by atoms with Gasteiger partial charge in [-0.05, 0) is 23.1 Å². The van der Waals surface area contributed by atoms with E-state index in [0.717, 1.165) is 11.3 Å². The molecule has 0 saturated carbocycles. The molecule has 0 spiro atoms. The summed E-state index contributed by atoms with van der Waals surface area (Å²) >= 11 is 0. The summed E-state index contributed by atoms with van der Waals surface area (Å²) in [5.41, 5.74) is 7.96. The second kappa shape index (κ2) is 4.07. The van der Waals surface area contributed by atoms with Crippen LogP contribution in [0, 0.1) is 0 Å². The summed E-state index contributed by atoms with van der Waals surface area (Å²) in [6, 6.07) is 10.2. The lowest BCUT2D eigenvalue weighted by Gasteiger charge is -2.03. The highest BCUT2D eigenvalue weighted by Gasteiger charge is 2.04. The lowest BCUT2D eigenvalue weighted by Crippen LogP contribution is -1.99. The van der Waals surface area contributed by atoms with Crippen molar-refractivity contribution >= 4 is 10.9 Å². The van der Waals surface area contributed by atoms with E-state index in [1.54, 1.807) is 6.20 Å². The van der Waals surface area contributed by atoms with Crippen molar-refractivity contribution in [3.8, 4) is 0 Å². The molecule has 3 aromatic rings. The van der Waals surface area contributed by atoms with E-state index < -0.39 is 0 Å². The van der Waals surface area contributed by atoms with E-state index in [1.807, 2.05) is 12.3 Å². The van der Waals surface area contributed by atoms with Crippen LogP contribution in [0.2, 0.25) is 0 Å². The number of nitrogens with zero attached hydrogens (tertiary/aromatic N) is 2. The van der Waals surface area contributed by atoms with E-state index in [1.165, 1.54) is 10.9 Å². The van der Waals surface area contributed by atoms with Gasteiger partial charge in [0.2, 0.25) is 0 Å². The first-order valence-corrected chi connectivity index (χ1v) is 5.54. The molecule has 1 aromatic carbocycles. The maximum atomic E-state index is 5.66. The Morgan fingerprint density at radius 2 is 2.18 bits per heavy atom. The zero-order chi connectivity index (χ0) is 11.7. The number of rotatable bonds is 3. The topological polar surface area (TPSA) is 57.0 Å². The van der Waals surface area contributed by atoms with Gasteiger partial charge in [-0.3, -0.25) is 0 Å². The van der Waals surface area contributed by atoms with E-state index in [2.05, 4.69) is 34.0 Å². The smallest absolute Gasteiger partial charge is 0.156 e. The quantitative estimate of drug-likeness (QED) is 0.745. The third-order valence-electron chi connectivity index (χ3n) is 2.89. The predicted octanol–water partition coefficient (Wildman–Crippen LogP) is 2.14. The first kappa shape index (κ1) is 10.1. The van der Waals surface area contributed by atoms with Crippen LogP contribution in [0.5, 0.6) is 0 Å². The fourth-order valence-corrected chi connectivity index (χ4v) is 1.99. The third kappa shape index (κ3) is 1.83. The van der Waals surface area contributed by atoms with Crippen molar-refractivity contribution in [3.63, 3.8) is 0 Å². The largest absolute Gasteiger partial charge is 0.359 e. The summed E-state index contributed by atoms with van der Waals surface area (Å²) in [6.07, 6.45) is 3.71. The Kier molecular flexibility index (Phi) is 2.42. The van der Waals surface area contributed by atoms with Crippen LogP contribution < -0.4 is 5.73 Å². The van der Waals surface area contributed by atoms with Crippen molar-refractivity contribution in [2.45, 2.75) is 13.1 Å². The van der Waals surface area contributed by atoms with Gasteiger partial charge in [0.15, 0.2) is 5.76 Å². The van der Waals surface area contributed by atoms with Crippen molar-refractivity contribution in [1.29, 1.82) is 0 Å². The number of hydrogen-bond acceptors (Lipinski definition) is 3. The van der Waals surface area contributed by atoms with Crippen LogP contribution in [-0.2, 0) is 13.1 Å². The Morgan fingerprint density at radius 3 is 2.94 bits per heavy atom. The molecule has 3 rings (SSSR count). The van der Waals surface area contributed by atoms with Gasteiger partial charge in [-0.15, -0.1) is 0 Å². The number of fused-ring (bicyclic) bond motifs is 1. The monoisotopic (exact) mass is 227 g/mol. The minimum absolute atomic E-state index is 0.559. The van der Waals surface area contributed by atoms with Crippen LogP contribution >= 0.6 is 0 Å². The van der Waals surface area contributed by atoms with Crippen molar-refractivity contribution in [3.05, 3.63) is 54.0 Å². The summed E-state index contributed by atoms with van der Waals surface area (Å²) in [6.45, 7) is 1.25. The molecule has 0 atom stereocenters. The average Bonchev–Trinajstić information content (AvgIpc) is 2.99. The van der Waals surface area contributed by atoms with Crippen LogP contribution in [0.25, 0.3) is 10.9 Å². The van der Waals surface area contributed by atoms with Crippen molar-refractivity contribution in [1.82, 2.24) is 9.72 Å². The predicted molar refractivity (Wildman–Crippen MR) is 65.4 cm³/mol. The summed E-state index contributed by atoms with van der Waals surface area (Å²) in [7, 11) is 0. The molecule has 0 bridgehead atoms. The minimum atomic E-state index is 0.559. The van der Waals surface area contributed by atoms with Gasteiger partial charge in [-0.2, -0.15) is 0 Å². The molecule has 0 unspecified atom stereocenters. The lowest BCUT2D eigenvalue weighted by atomic mass is 10.1. The van der Waals surface area contributed by atoms with Gasteiger partial charge in [-0.25, -0.2) is 0 Å². The highest BCUT2D eigenvalue weighted by molar-refractivity contribution is 5.80. The first-order chi connectivity index (χ1) is 8.36. The van der Waals surface area contributed by atoms with E-state index >= 15 is 0 Å². The molecule has 0 amide bonds. The van der Waals surface area contributed by atoms with Crippen LogP contribution in [0.15, 0.2) is 47.2 Å². The van der Waals surface area contributed by atoms with E-state index in [9.17, 15) is 0 Å². The van der Waals surface area contributed by atoms with Gasteiger partial charge in [-0.1, -0.05) is 17.3 Å². The van der Waals surface area contributed by atoms with Gasteiger partial charge < -0.3 is 14.8 Å². The van der Waals surface area contributed by atoms with Gasteiger partial charge in [0.05, 0.1) is 12.7 Å². The standard InChI is InChI=1S/C13H13N3O/c14-8-10-1-2-11-4-6-16(13(11)7-10)9-12-3-5-15-17-12/h1-7H,8-9,14H2. The molecule has 17 heavy (non-hydrogen) atoms. The molecule has 0 aliphatic heterocycles. The molecular weight excluding hydrogens is 214 g/mol. The highest BCUT2D eigenvalue weighted by Crippen LogP contribution is 2.18. The highest BCUT2D eigenvalue weighted by atomic mass is 16.5. The van der Waals surface area contributed by atoms with E-state index in [0.29, 0.717) is 13.1 Å². The molecule has 0 radical (unpaired) electrons. The number of aromatic nitrogens is 2. The van der Waals surface area contributed by atoms with Crippen LogP contribution in [-0.4, -0.2) is 9.72 Å². The second-order valence-electron chi connectivity index (χ2n) is 4.02. The number of nitrogens with two attached hydrogens (primary N) is 1. The summed E-state index contributed by atoms with van der Waals surface area (Å²) < 4.78 is 7.25. The van der Waals surface area contributed by atoms with Crippen LogP contribution in [0.1, 0.15) is 11.3 Å². The normalized spacial score (nSPS) is 11.1. The molecule has 86 valence electrons. The maximum Gasteiger partial charge on any atom is 0.156 e. The summed E-state index contributed by atoms with van der Waals surface area (Å²) in [5.74, 6) is 0.848. The second-order valence-corrected chi connectivity index (χ2v) is 4.02. The SMILES string of the molecule is NCc1ccc2ccn(Cc3ccno3)c2c1. The summed E-state index contributed by atoms with van der Waals surface area (Å²) in [5, 5.41) is 4.92. The number of hydrogen-bond donors (Lipinski definition) is 1. The molecule has 2 aromatic heterocycles. The molecule has 0 saturated heterocycles. The molecule has 0 fully saturated rings. The van der Waals surface area contributed by atoms with Gasteiger partial charge >= 0.3 is 0 Å². The van der Waals surface area contributed by atoms with Crippen molar-refractivity contribution in [2.75, 3.05) is 0 Å². The molecule has 2 N–H and O–H groups in total. The molecule has 2 heterocycles. The van der Waals surface area contributed by atoms with Gasteiger partial charge in [0.25, 0.3) is 0 Å². The lowest BCUT2D eigenvalue weighted by molar-refractivity contribution is 0.378. The summed E-state index contributed by atoms with van der Waals surface area (Å²) in [4.78, 5) is 0. The zero-order valence-electron chi connectivity index (χ0n) is 9.34. The Morgan fingerprint density at radius 1 is 1.24 bits per heavy atom. The Labute approximate surface area is 98.6 Å². The fourth-order valence-electron chi connectivity index (χ4n) is 1.99. The third-order valence-corrected chi connectivity index (χ3v) is 2.89. The molecule has 4 heteroatoms.